The number of hydrogen-bond acceptors (Lipinski definition) is 2. The lowest BCUT2D eigenvalue weighted by Gasteiger charge is -2.27. The molecular formula is C12H16ClFO2. The van der Waals surface area contributed by atoms with E-state index in [0.717, 1.165) is 0 Å². The van der Waals surface area contributed by atoms with Crippen LogP contribution >= 0.6 is 11.6 Å². The third-order valence-electron chi connectivity index (χ3n) is 2.85. The van der Waals surface area contributed by atoms with Crippen LogP contribution in [0.2, 0.25) is 5.02 Å². The Bertz CT molecular complexity index is 366. The molecule has 1 rings (SSSR count). The third kappa shape index (κ3) is 3.17. The van der Waals surface area contributed by atoms with Crippen molar-refractivity contribution in [3.8, 4) is 0 Å². The maximum Gasteiger partial charge on any atom is 0.141 e. The van der Waals surface area contributed by atoms with Crippen molar-refractivity contribution in [3.05, 3.63) is 34.6 Å². The Kier molecular flexibility index (Phi) is 4.30. The van der Waals surface area contributed by atoms with Gasteiger partial charge in [0, 0.05) is 6.42 Å². The van der Waals surface area contributed by atoms with E-state index >= 15 is 0 Å². The Labute approximate surface area is 99.7 Å². The van der Waals surface area contributed by atoms with Crippen molar-refractivity contribution in [1.82, 2.24) is 0 Å². The van der Waals surface area contributed by atoms with Crippen molar-refractivity contribution in [3.63, 3.8) is 0 Å². The lowest BCUT2D eigenvalue weighted by atomic mass is 9.91. The van der Waals surface area contributed by atoms with E-state index in [4.69, 9.17) is 11.6 Å². The van der Waals surface area contributed by atoms with Crippen LogP contribution < -0.4 is 0 Å². The fourth-order valence-electron chi connectivity index (χ4n) is 1.35. The first-order valence-corrected chi connectivity index (χ1v) is 5.59. The predicted octanol–water partition coefficient (Wildman–Crippen LogP) is 2.54. The van der Waals surface area contributed by atoms with Crippen LogP contribution in [0, 0.1) is 5.82 Å². The molecule has 0 aliphatic heterocycles. The number of halogens is 2. The molecule has 4 heteroatoms. The molecule has 0 aliphatic carbocycles. The minimum Gasteiger partial charge on any atom is -0.390 e. The minimum atomic E-state index is -1.14. The summed E-state index contributed by atoms with van der Waals surface area (Å²) < 4.78 is 12.9. The summed E-state index contributed by atoms with van der Waals surface area (Å²) in [6.07, 6.45) is -0.191. The highest BCUT2D eigenvalue weighted by atomic mass is 35.5. The smallest absolute Gasteiger partial charge is 0.141 e. The summed E-state index contributed by atoms with van der Waals surface area (Å²) in [6.45, 7) is 3.36. The molecule has 0 aliphatic rings. The van der Waals surface area contributed by atoms with Crippen molar-refractivity contribution < 1.29 is 14.6 Å². The van der Waals surface area contributed by atoms with Crippen LogP contribution in [0.1, 0.15) is 25.8 Å². The molecule has 0 spiro atoms. The van der Waals surface area contributed by atoms with Gasteiger partial charge in [0.05, 0.1) is 16.7 Å². The summed E-state index contributed by atoms with van der Waals surface area (Å²) in [6, 6.07) is 4.27. The second-order valence-corrected chi connectivity index (χ2v) is 4.59. The molecule has 0 amide bonds. The van der Waals surface area contributed by atoms with Crippen LogP contribution in [0.4, 0.5) is 4.39 Å². The molecule has 0 heterocycles. The van der Waals surface area contributed by atoms with Crippen LogP contribution in [0.5, 0.6) is 0 Å². The number of rotatable bonds is 4. The summed E-state index contributed by atoms with van der Waals surface area (Å²) in [7, 11) is 0. The van der Waals surface area contributed by atoms with E-state index in [1.807, 2.05) is 0 Å². The molecule has 1 aromatic carbocycles. The van der Waals surface area contributed by atoms with Crippen LogP contribution in [-0.2, 0) is 6.42 Å². The fourth-order valence-corrected chi connectivity index (χ4v) is 1.55. The third-order valence-corrected chi connectivity index (χ3v) is 3.14. The molecule has 16 heavy (non-hydrogen) atoms. The highest BCUT2D eigenvalue weighted by Gasteiger charge is 2.28. The van der Waals surface area contributed by atoms with Gasteiger partial charge < -0.3 is 10.2 Å². The maximum absolute atomic E-state index is 12.9. The highest BCUT2D eigenvalue weighted by Crippen LogP contribution is 2.21. The van der Waals surface area contributed by atoms with Gasteiger partial charge >= 0.3 is 0 Å². The largest absolute Gasteiger partial charge is 0.390 e. The van der Waals surface area contributed by atoms with Gasteiger partial charge in [-0.2, -0.15) is 0 Å². The molecule has 0 bridgehead atoms. The van der Waals surface area contributed by atoms with Crippen LogP contribution in [0.15, 0.2) is 18.2 Å². The molecule has 2 N–H and O–H groups in total. The Hall–Kier alpha value is -0.640. The zero-order valence-electron chi connectivity index (χ0n) is 9.37. The Morgan fingerprint density at radius 1 is 1.50 bits per heavy atom. The second kappa shape index (κ2) is 5.13. The number of aliphatic hydroxyl groups excluding tert-OH is 1. The van der Waals surface area contributed by atoms with Crippen molar-refractivity contribution in [2.45, 2.75) is 38.4 Å². The fraction of sp³-hybridized carbons (Fsp3) is 0.500. The Morgan fingerprint density at radius 2 is 2.12 bits per heavy atom. The molecule has 0 saturated carbocycles. The van der Waals surface area contributed by atoms with Gasteiger partial charge in [-0.3, -0.25) is 0 Å². The first kappa shape index (κ1) is 13.4. The van der Waals surface area contributed by atoms with Crippen LogP contribution in [-0.4, -0.2) is 21.9 Å². The Morgan fingerprint density at radius 3 is 2.62 bits per heavy atom. The van der Waals surface area contributed by atoms with Gasteiger partial charge in [-0.25, -0.2) is 4.39 Å². The summed E-state index contributed by atoms with van der Waals surface area (Å²) >= 11 is 5.63. The molecule has 90 valence electrons. The van der Waals surface area contributed by atoms with Crippen molar-refractivity contribution in [2.75, 3.05) is 0 Å². The molecule has 0 fully saturated rings. The molecule has 2 unspecified atom stereocenters. The number of hydrogen-bond donors (Lipinski definition) is 2. The number of benzene rings is 1. The van der Waals surface area contributed by atoms with Crippen molar-refractivity contribution in [2.24, 2.45) is 0 Å². The quantitative estimate of drug-likeness (QED) is 0.857. The van der Waals surface area contributed by atoms with E-state index in [1.54, 1.807) is 19.9 Å². The monoisotopic (exact) mass is 246 g/mol. The topological polar surface area (TPSA) is 40.5 Å². The maximum atomic E-state index is 12.9. The first-order chi connectivity index (χ1) is 7.36. The lowest BCUT2D eigenvalue weighted by molar-refractivity contribution is -0.0629. The molecule has 2 atom stereocenters. The molecule has 0 saturated heterocycles. The number of aliphatic hydroxyl groups is 2. The molecule has 0 radical (unpaired) electrons. The lowest BCUT2D eigenvalue weighted by Crippen LogP contribution is -2.39. The summed E-state index contributed by atoms with van der Waals surface area (Å²) in [5, 5.41) is 19.7. The minimum absolute atomic E-state index is 0.0286. The van der Waals surface area contributed by atoms with Gasteiger partial charge in [-0.1, -0.05) is 24.6 Å². The van der Waals surface area contributed by atoms with E-state index in [1.165, 1.54) is 12.1 Å². The van der Waals surface area contributed by atoms with Gasteiger partial charge in [0.15, 0.2) is 0 Å². The summed E-state index contributed by atoms with van der Waals surface area (Å²) in [4.78, 5) is 0. The molecule has 0 aromatic heterocycles. The van der Waals surface area contributed by atoms with E-state index in [0.29, 0.717) is 12.0 Å². The molecular weight excluding hydrogens is 231 g/mol. The average molecular weight is 247 g/mol. The standard InChI is InChI=1S/C12H16ClFO2/c1-3-12(2,16)11(15)7-8-4-5-10(14)9(13)6-8/h4-6,11,15-16H,3,7H2,1-2H3. The zero-order chi connectivity index (χ0) is 12.3. The van der Waals surface area contributed by atoms with Crippen LogP contribution in [0.3, 0.4) is 0 Å². The van der Waals surface area contributed by atoms with Crippen LogP contribution in [0.25, 0.3) is 0 Å². The van der Waals surface area contributed by atoms with E-state index < -0.39 is 17.5 Å². The van der Waals surface area contributed by atoms with Gasteiger partial charge in [0.25, 0.3) is 0 Å². The second-order valence-electron chi connectivity index (χ2n) is 4.18. The van der Waals surface area contributed by atoms with Crippen molar-refractivity contribution in [1.29, 1.82) is 0 Å². The van der Waals surface area contributed by atoms with Gasteiger partial charge in [-0.15, -0.1) is 0 Å². The van der Waals surface area contributed by atoms with Gasteiger partial charge in [-0.05, 0) is 31.0 Å². The summed E-state index contributed by atoms with van der Waals surface area (Å²) in [5.41, 5.74) is -0.437. The Balaban J connectivity index is 2.77. The first-order valence-electron chi connectivity index (χ1n) is 5.21. The van der Waals surface area contributed by atoms with E-state index in [-0.39, 0.29) is 11.4 Å². The summed E-state index contributed by atoms with van der Waals surface area (Å²) in [5.74, 6) is -0.484. The van der Waals surface area contributed by atoms with E-state index in [9.17, 15) is 14.6 Å². The zero-order valence-corrected chi connectivity index (χ0v) is 10.1. The SMILES string of the molecule is CCC(C)(O)C(O)Cc1ccc(F)c(Cl)c1. The molecule has 1 aromatic rings. The predicted molar refractivity (Wildman–Crippen MR) is 62.0 cm³/mol. The van der Waals surface area contributed by atoms with Crippen molar-refractivity contribution >= 4 is 11.6 Å². The molecule has 2 nitrogen and oxygen atoms in total. The van der Waals surface area contributed by atoms with Gasteiger partial charge in [0.1, 0.15) is 5.82 Å². The average Bonchev–Trinajstić information content (AvgIpc) is 2.23. The van der Waals surface area contributed by atoms with E-state index in [2.05, 4.69) is 0 Å². The highest BCUT2D eigenvalue weighted by molar-refractivity contribution is 6.30. The normalized spacial score (nSPS) is 16.9. The van der Waals surface area contributed by atoms with Gasteiger partial charge in [0.2, 0.25) is 0 Å².